The molecule has 8 nitrogen and oxygen atoms in total. The van der Waals surface area contributed by atoms with Crippen LogP contribution in [0.1, 0.15) is 13.8 Å². The minimum absolute atomic E-state index is 0.235. The Morgan fingerprint density at radius 1 is 1.06 bits per heavy atom. The van der Waals surface area contributed by atoms with Gasteiger partial charge in [-0.25, -0.2) is 14.4 Å². The summed E-state index contributed by atoms with van der Waals surface area (Å²) in [5, 5.41) is 11.4. The molecule has 1 aromatic carbocycles. The van der Waals surface area contributed by atoms with Crippen molar-refractivity contribution >= 4 is 27.8 Å². The van der Waals surface area contributed by atoms with Crippen LogP contribution in [0.25, 0.3) is 55.8 Å². The molecule has 0 saturated heterocycles. The monoisotopic (exact) mass is 453 g/mol. The third-order valence-corrected chi connectivity index (χ3v) is 5.60. The SMILES string of the molecule is CC(C)Nc1cncc(-c2cc3c(-c4nc5nccc(-c6ccoc6)c5[nH]4)n[nH]c3cc2F)c1. The first-order valence-corrected chi connectivity index (χ1v) is 10.8. The lowest BCUT2D eigenvalue weighted by atomic mass is 10.0. The quantitative estimate of drug-likeness (QED) is 0.305. The number of aromatic amines is 2. The number of rotatable bonds is 5. The topological polar surface area (TPSA) is 108 Å². The lowest BCUT2D eigenvalue weighted by Gasteiger charge is -2.11. The number of pyridine rings is 2. The van der Waals surface area contributed by atoms with E-state index in [0.29, 0.717) is 33.8 Å². The fourth-order valence-corrected chi connectivity index (χ4v) is 4.12. The van der Waals surface area contributed by atoms with Crippen LogP contribution in [0, 0.1) is 5.82 Å². The van der Waals surface area contributed by atoms with Crippen LogP contribution in [0.3, 0.4) is 0 Å². The number of fused-ring (bicyclic) bond motifs is 2. The minimum atomic E-state index is -0.361. The number of nitrogens with zero attached hydrogens (tertiary/aromatic N) is 4. The highest BCUT2D eigenvalue weighted by molar-refractivity contribution is 5.97. The van der Waals surface area contributed by atoms with Gasteiger partial charge in [-0.05, 0) is 38.1 Å². The molecule has 6 rings (SSSR count). The van der Waals surface area contributed by atoms with E-state index in [1.807, 2.05) is 32.0 Å². The summed E-state index contributed by atoms with van der Waals surface area (Å²) in [4.78, 5) is 16.7. The van der Waals surface area contributed by atoms with Gasteiger partial charge in [-0.15, -0.1) is 0 Å². The smallest absolute Gasteiger partial charge is 0.178 e. The van der Waals surface area contributed by atoms with Crippen LogP contribution in [0.15, 0.2) is 65.9 Å². The number of furan rings is 1. The van der Waals surface area contributed by atoms with Gasteiger partial charge in [-0.3, -0.25) is 10.1 Å². The molecule has 0 atom stereocenters. The van der Waals surface area contributed by atoms with Crippen LogP contribution in [0.4, 0.5) is 10.1 Å². The molecule has 0 fully saturated rings. The van der Waals surface area contributed by atoms with Gasteiger partial charge in [0.15, 0.2) is 11.5 Å². The second-order valence-electron chi connectivity index (χ2n) is 8.37. The van der Waals surface area contributed by atoms with Gasteiger partial charge >= 0.3 is 0 Å². The number of nitrogens with one attached hydrogen (secondary N) is 3. The highest BCUT2D eigenvalue weighted by atomic mass is 19.1. The van der Waals surface area contributed by atoms with E-state index < -0.39 is 0 Å². The molecule has 168 valence electrons. The zero-order valence-corrected chi connectivity index (χ0v) is 18.4. The van der Waals surface area contributed by atoms with Crippen LogP contribution in [0.2, 0.25) is 0 Å². The summed E-state index contributed by atoms with van der Waals surface area (Å²) >= 11 is 0. The Labute approximate surface area is 193 Å². The van der Waals surface area contributed by atoms with Crippen LogP contribution in [-0.2, 0) is 0 Å². The third kappa shape index (κ3) is 3.38. The molecule has 3 N–H and O–H groups in total. The summed E-state index contributed by atoms with van der Waals surface area (Å²) < 4.78 is 20.3. The van der Waals surface area contributed by atoms with Crippen LogP contribution in [-0.4, -0.2) is 36.2 Å². The maximum Gasteiger partial charge on any atom is 0.178 e. The summed E-state index contributed by atoms with van der Waals surface area (Å²) in [7, 11) is 0. The van der Waals surface area contributed by atoms with E-state index in [9.17, 15) is 0 Å². The van der Waals surface area contributed by atoms with E-state index in [4.69, 9.17) is 4.42 Å². The van der Waals surface area contributed by atoms with E-state index in [1.165, 1.54) is 6.07 Å². The van der Waals surface area contributed by atoms with Gasteiger partial charge in [0.1, 0.15) is 11.5 Å². The molecule has 0 unspecified atom stereocenters. The maximum absolute atomic E-state index is 15.1. The zero-order chi connectivity index (χ0) is 23.2. The molecule has 0 aliphatic rings. The Morgan fingerprint density at radius 2 is 1.97 bits per heavy atom. The molecule has 0 aliphatic carbocycles. The highest BCUT2D eigenvalue weighted by Gasteiger charge is 2.18. The fraction of sp³-hybridized carbons (Fsp3) is 0.120. The molecular formula is C25H20FN7O. The van der Waals surface area contributed by atoms with E-state index in [2.05, 4.69) is 35.5 Å². The van der Waals surface area contributed by atoms with Crippen molar-refractivity contribution in [2.24, 2.45) is 0 Å². The summed E-state index contributed by atoms with van der Waals surface area (Å²) in [5.41, 5.74) is 6.26. The van der Waals surface area contributed by atoms with E-state index in [0.717, 1.165) is 27.7 Å². The van der Waals surface area contributed by atoms with Gasteiger partial charge in [-0.1, -0.05) is 0 Å². The normalized spacial score (nSPS) is 11.6. The van der Waals surface area contributed by atoms with Crippen LogP contribution >= 0.6 is 0 Å². The first kappa shape index (κ1) is 20.1. The number of hydrogen-bond acceptors (Lipinski definition) is 6. The van der Waals surface area contributed by atoms with Crippen molar-refractivity contribution in [2.45, 2.75) is 19.9 Å². The molecule has 0 radical (unpaired) electrons. The Morgan fingerprint density at radius 3 is 2.79 bits per heavy atom. The van der Waals surface area contributed by atoms with E-state index in [-0.39, 0.29) is 11.9 Å². The molecular weight excluding hydrogens is 433 g/mol. The molecule has 0 saturated carbocycles. The molecule has 0 amide bonds. The number of anilines is 1. The van der Waals surface area contributed by atoms with Gasteiger partial charge in [0.05, 0.1) is 29.2 Å². The van der Waals surface area contributed by atoms with Gasteiger partial charge in [0.2, 0.25) is 0 Å². The van der Waals surface area contributed by atoms with Crippen molar-refractivity contribution in [3.63, 3.8) is 0 Å². The molecule has 6 aromatic rings. The van der Waals surface area contributed by atoms with Gasteiger partial charge < -0.3 is 14.7 Å². The molecule has 0 bridgehead atoms. The summed E-state index contributed by atoms with van der Waals surface area (Å²) in [6, 6.07) is 9.12. The second kappa shape index (κ2) is 7.80. The molecule has 0 spiro atoms. The van der Waals surface area contributed by atoms with Crippen molar-refractivity contribution in [1.82, 2.24) is 30.1 Å². The van der Waals surface area contributed by atoms with Gasteiger partial charge in [-0.2, -0.15) is 5.10 Å². The van der Waals surface area contributed by atoms with Crippen molar-refractivity contribution < 1.29 is 8.81 Å². The third-order valence-electron chi connectivity index (χ3n) is 5.60. The number of imidazole rings is 1. The summed E-state index contributed by atoms with van der Waals surface area (Å²) in [6.45, 7) is 4.08. The van der Waals surface area contributed by atoms with Crippen LogP contribution in [0.5, 0.6) is 0 Å². The Balaban J connectivity index is 1.48. The average molecular weight is 453 g/mol. The molecule has 5 aromatic heterocycles. The highest BCUT2D eigenvalue weighted by Crippen LogP contribution is 2.34. The Hall–Kier alpha value is -4.53. The fourth-order valence-electron chi connectivity index (χ4n) is 4.12. The predicted molar refractivity (Wildman–Crippen MR) is 129 cm³/mol. The Bertz CT molecular complexity index is 1630. The maximum atomic E-state index is 15.1. The predicted octanol–water partition coefficient (Wildman–Crippen LogP) is 5.78. The first-order valence-electron chi connectivity index (χ1n) is 10.8. The standard InChI is InChI=1S/C25H20FN7O/c1-13(2)29-16-7-15(10-27-11-16)18-8-19-21(9-20(18)26)32-33-23(19)25-30-22-17(14-4-6-34-12-14)3-5-28-24(22)31-25/h3-13,29H,1-2H3,(H,32,33)(H,28,30,31). The number of aromatic nitrogens is 6. The minimum Gasteiger partial charge on any atom is -0.472 e. The lowest BCUT2D eigenvalue weighted by molar-refractivity contribution is 0.568. The van der Waals surface area contributed by atoms with E-state index in [1.54, 1.807) is 37.2 Å². The van der Waals surface area contributed by atoms with Crippen molar-refractivity contribution in [3.8, 4) is 33.8 Å². The molecule has 9 heteroatoms. The second-order valence-corrected chi connectivity index (χ2v) is 8.37. The van der Waals surface area contributed by atoms with Gasteiger partial charge in [0, 0.05) is 58.3 Å². The Kier molecular flexibility index (Phi) is 4.61. The van der Waals surface area contributed by atoms with Crippen molar-refractivity contribution in [3.05, 3.63) is 67.3 Å². The molecule has 5 heterocycles. The molecule has 34 heavy (non-hydrogen) atoms. The first-order chi connectivity index (χ1) is 16.6. The summed E-state index contributed by atoms with van der Waals surface area (Å²) in [5.74, 6) is 0.176. The lowest BCUT2D eigenvalue weighted by Crippen LogP contribution is -2.09. The van der Waals surface area contributed by atoms with Crippen molar-refractivity contribution in [2.75, 3.05) is 5.32 Å². The average Bonchev–Trinajstić information content (AvgIpc) is 3.57. The van der Waals surface area contributed by atoms with Gasteiger partial charge in [0.25, 0.3) is 0 Å². The number of benzene rings is 1. The molecule has 0 aliphatic heterocycles. The van der Waals surface area contributed by atoms with Crippen molar-refractivity contribution in [1.29, 1.82) is 0 Å². The zero-order valence-electron chi connectivity index (χ0n) is 18.4. The summed E-state index contributed by atoms with van der Waals surface area (Å²) in [6.07, 6.45) is 8.37. The number of hydrogen-bond donors (Lipinski definition) is 3. The number of H-pyrrole nitrogens is 2. The van der Waals surface area contributed by atoms with E-state index >= 15 is 4.39 Å². The number of halogens is 1. The largest absolute Gasteiger partial charge is 0.472 e. The van der Waals surface area contributed by atoms with Crippen LogP contribution < -0.4 is 5.32 Å².